The molecule has 186 valence electrons. The van der Waals surface area contributed by atoms with E-state index in [9.17, 15) is 13.2 Å². The number of methoxy groups -OCH3 is 1. The predicted molar refractivity (Wildman–Crippen MR) is 141 cm³/mol. The second kappa shape index (κ2) is 10.7. The molecule has 3 aromatic rings. The van der Waals surface area contributed by atoms with Gasteiger partial charge in [-0.25, -0.2) is 8.42 Å². The maximum absolute atomic E-state index is 13.1. The molecule has 0 fully saturated rings. The Hall–Kier alpha value is -3.03. The molecule has 1 atom stereocenters. The van der Waals surface area contributed by atoms with Crippen LogP contribution in [-0.4, -0.2) is 21.4 Å². The van der Waals surface area contributed by atoms with Gasteiger partial charge in [0, 0.05) is 5.69 Å². The number of amides is 1. The van der Waals surface area contributed by atoms with Gasteiger partial charge in [0.1, 0.15) is 5.75 Å². The molecule has 2 N–H and O–H groups in total. The Morgan fingerprint density at radius 3 is 2.20 bits per heavy atom. The van der Waals surface area contributed by atoms with Gasteiger partial charge in [-0.2, -0.15) is 0 Å². The number of hydrogen-bond acceptors (Lipinski definition) is 4. The highest BCUT2D eigenvalue weighted by atomic mass is 35.5. The van der Waals surface area contributed by atoms with Crippen LogP contribution < -0.4 is 14.8 Å². The van der Waals surface area contributed by atoms with Crippen molar-refractivity contribution in [2.45, 2.75) is 51.5 Å². The van der Waals surface area contributed by atoms with Crippen molar-refractivity contribution >= 4 is 33.2 Å². The Morgan fingerprint density at radius 2 is 1.60 bits per heavy atom. The quantitative estimate of drug-likeness (QED) is 0.365. The fourth-order valence-corrected chi connectivity index (χ4v) is 5.11. The molecule has 0 unspecified atom stereocenters. The number of aryl methyl sites for hydroxylation is 2. The van der Waals surface area contributed by atoms with E-state index in [2.05, 4.69) is 30.0 Å². The second-order valence-corrected chi connectivity index (χ2v) is 11.0. The van der Waals surface area contributed by atoms with Crippen LogP contribution in [0.4, 0.5) is 5.69 Å². The molecule has 6 nitrogen and oxygen atoms in total. The average Bonchev–Trinajstić information content (AvgIpc) is 2.79. The maximum Gasteiger partial charge on any atom is 0.261 e. The van der Waals surface area contributed by atoms with E-state index in [0.717, 1.165) is 28.0 Å². The molecule has 1 amide bonds. The number of hydrogen-bond donors (Lipinski definition) is 2. The van der Waals surface area contributed by atoms with Crippen LogP contribution in [0, 0.1) is 13.8 Å². The lowest BCUT2D eigenvalue weighted by Gasteiger charge is -2.21. The summed E-state index contributed by atoms with van der Waals surface area (Å²) in [5.41, 5.74) is 4.39. The number of nitrogens with one attached hydrogen (secondary N) is 2. The molecule has 3 aromatic carbocycles. The first-order valence-corrected chi connectivity index (χ1v) is 13.2. The summed E-state index contributed by atoms with van der Waals surface area (Å²) in [6, 6.07) is 14.7. The first-order valence-electron chi connectivity index (χ1n) is 11.3. The van der Waals surface area contributed by atoms with Crippen LogP contribution in [0.2, 0.25) is 5.02 Å². The fraction of sp³-hybridized carbons (Fsp3) is 0.296. The van der Waals surface area contributed by atoms with Gasteiger partial charge < -0.3 is 10.1 Å². The Morgan fingerprint density at radius 1 is 0.943 bits per heavy atom. The zero-order valence-electron chi connectivity index (χ0n) is 20.8. The Labute approximate surface area is 212 Å². The Kier molecular flexibility index (Phi) is 8.13. The van der Waals surface area contributed by atoms with Crippen LogP contribution in [0.1, 0.15) is 65.3 Å². The summed E-state index contributed by atoms with van der Waals surface area (Å²) in [5.74, 6) is 0.663. The standard InChI is InChI=1S/C27H31ClN2O4S/c1-16(2)22-15-23(18(4)13-26(22)34-6)19(5)29-27(31)24-14-20(9-12-25(24)28)30-35(32,33)21-10-7-17(3)8-11-21/h7-16,19,30H,1-6H3,(H,29,31)/t19-/m0/s1. The van der Waals surface area contributed by atoms with Crippen molar-refractivity contribution in [3.05, 3.63) is 87.4 Å². The minimum atomic E-state index is -3.81. The number of rotatable bonds is 8. The Bertz CT molecular complexity index is 1340. The number of halogens is 1. The second-order valence-electron chi connectivity index (χ2n) is 8.91. The van der Waals surface area contributed by atoms with Crippen molar-refractivity contribution in [2.24, 2.45) is 0 Å². The van der Waals surface area contributed by atoms with Gasteiger partial charge in [-0.05, 0) is 85.8 Å². The first-order chi connectivity index (χ1) is 16.4. The van der Waals surface area contributed by atoms with Crippen LogP contribution in [0.3, 0.4) is 0 Å². The third-order valence-electron chi connectivity index (χ3n) is 5.85. The van der Waals surface area contributed by atoms with E-state index in [1.54, 1.807) is 19.2 Å². The summed E-state index contributed by atoms with van der Waals surface area (Å²) in [7, 11) is -2.17. The van der Waals surface area contributed by atoms with Crippen molar-refractivity contribution in [2.75, 3.05) is 11.8 Å². The minimum Gasteiger partial charge on any atom is -0.496 e. The van der Waals surface area contributed by atoms with E-state index in [1.807, 2.05) is 26.8 Å². The molecule has 3 rings (SSSR count). The molecule has 0 aliphatic heterocycles. The number of benzene rings is 3. The van der Waals surface area contributed by atoms with E-state index < -0.39 is 15.9 Å². The molecule has 0 heterocycles. The third-order valence-corrected chi connectivity index (χ3v) is 7.58. The summed E-state index contributed by atoms with van der Waals surface area (Å²) in [4.78, 5) is 13.3. The zero-order chi connectivity index (χ0) is 25.9. The van der Waals surface area contributed by atoms with E-state index in [-0.39, 0.29) is 33.1 Å². The van der Waals surface area contributed by atoms with Gasteiger partial charge in [0.05, 0.1) is 28.6 Å². The molecular weight excluding hydrogens is 484 g/mol. The van der Waals surface area contributed by atoms with Crippen LogP contribution in [-0.2, 0) is 10.0 Å². The minimum absolute atomic E-state index is 0.133. The monoisotopic (exact) mass is 514 g/mol. The number of carbonyl (C=O) groups excluding carboxylic acids is 1. The van der Waals surface area contributed by atoms with E-state index in [0.29, 0.717) is 0 Å². The lowest BCUT2D eigenvalue weighted by Crippen LogP contribution is -2.27. The van der Waals surface area contributed by atoms with Gasteiger partial charge in [-0.3, -0.25) is 9.52 Å². The maximum atomic E-state index is 13.1. The van der Waals surface area contributed by atoms with Crippen LogP contribution in [0.5, 0.6) is 5.75 Å². The summed E-state index contributed by atoms with van der Waals surface area (Å²) in [5, 5.41) is 3.21. The van der Waals surface area contributed by atoms with Crippen molar-refractivity contribution in [3.63, 3.8) is 0 Å². The lowest BCUT2D eigenvalue weighted by molar-refractivity contribution is 0.0940. The van der Waals surface area contributed by atoms with Gasteiger partial charge in [0.2, 0.25) is 0 Å². The number of sulfonamides is 1. The van der Waals surface area contributed by atoms with E-state index in [1.165, 1.54) is 30.3 Å². The highest BCUT2D eigenvalue weighted by Gasteiger charge is 2.20. The highest BCUT2D eigenvalue weighted by Crippen LogP contribution is 2.32. The fourth-order valence-electron chi connectivity index (χ4n) is 3.86. The van der Waals surface area contributed by atoms with Crippen molar-refractivity contribution in [1.82, 2.24) is 5.32 Å². The van der Waals surface area contributed by atoms with Crippen LogP contribution in [0.25, 0.3) is 0 Å². The molecule has 0 aliphatic rings. The predicted octanol–water partition coefficient (Wildman–Crippen LogP) is 6.38. The van der Waals surface area contributed by atoms with E-state index >= 15 is 0 Å². The summed E-state index contributed by atoms with van der Waals surface area (Å²) < 4.78 is 33.6. The average molecular weight is 515 g/mol. The van der Waals surface area contributed by atoms with Crippen LogP contribution >= 0.6 is 11.6 Å². The van der Waals surface area contributed by atoms with Gasteiger partial charge >= 0.3 is 0 Å². The third kappa shape index (κ3) is 6.16. The smallest absolute Gasteiger partial charge is 0.261 e. The number of ether oxygens (including phenoxy) is 1. The van der Waals surface area contributed by atoms with Gasteiger partial charge in [-0.15, -0.1) is 0 Å². The highest BCUT2D eigenvalue weighted by molar-refractivity contribution is 7.92. The first kappa shape index (κ1) is 26.6. The number of anilines is 1. The van der Waals surface area contributed by atoms with Crippen LogP contribution in [0.15, 0.2) is 59.5 Å². The molecule has 0 aliphatic carbocycles. The van der Waals surface area contributed by atoms with E-state index in [4.69, 9.17) is 16.3 Å². The van der Waals surface area contributed by atoms with Crippen molar-refractivity contribution in [3.8, 4) is 5.75 Å². The lowest BCUT2D eigenvalue weighted by atomic mass is 9.93. The van der Waals surface area contributed by atoms with Gasteiger partial charge in [0.15, 0.2) is 0 Å². The molecule has 35 heavy (non-hydrogen) atoms. The van der Waals surface area contributed by atoms with Gasteiger partial charge in [0.25, 0.3) is 15.9 Å². The molecule has 8 heteroatoms. The van der Waals surface area contributed by atoms with Crippen molar-refractivity contribution < 1.29 is 17.9 Å². The largest absolute Gasteiger partial charge is 0.496 e. The number of carbonyl (C=O) groups is 1. The molecule has 0 saturated carbocycles. The van der Waals surface area contributed by atoms with Gasteiger partial charge in [-0.1, -0.05) is 43.1 Å². The Balaban J connectivity index is 1.84. The summed E-state index contributed by atoms with van der Waals surface area (Å²) in [6.45, 7) is 9.92. The normalized spacial score (nSPS) is 12.3. The van der Waals surface area contributed by atoms with Crippen molar-refractivity contribution in [1.29, 1.82) is 0 Å². The zero-order valence-corrected chi connectivity index (χ0v) is 22.3. The topological polar surface area (TPSA) is 84.5 Å². The molecule has 0 radical (unpaired) electrons. The molecule has 0 aromatic heterocycles. The molecule has 0 spiro atoms. The summed E-state index contributed by atoms with van der Waals surface area (Å²) in [6.07, 6.45) is 0. The molecular formula is C27H31ClN2O4S. The molecule has 0 saturated heterocycles. The summed E-state index contributed by atoms with van der Waals surface area (Å²) >= 11 is 6.31. The molecule has 0 bridgehead atoms. The SMILES string of the molecule is COc1cc(C)c([C@H](C)NC(=O)c2cc(NS(=O)(=O)c3ccc(C)cc3)ccc2Cl)cc1C(C)C.